The molecule has 1 aromatic rings. The number of carbonyl (C=O) groups is 1. The molecule has 1 fully saturated rings. The molecule has 2 rings (SSSR count). The molecule has 1 atom stereocenters. The summed E-state index contributed by atoms with van der Waals surface area (Å²) in [6, 6.07) is 4.33. The highest BCUT2D eigenvalue weighted by molar-refractivity contribution is 5.74. The van der Waals surface area contributed by atoms with Crippen LogP contribution in [-0.2, 0) is 4.79 Å². The Morgan fingerprint density at radius 2 is 2.33 bits per heavy atom. The van der Waals surface area contributed by atoms with Gasteiger partial charge in [-0.3, -0.25) is 9.78 Å². The van der Waals surface area contributed by atoms with Crippen molar-refractivity contribution in [3.63, 3.8) is 0 Å². The van der Waals surface area contributed by atoms with Crippen LogP contribution in [0.25, 0.3) is 0 Å². The van der Waals surface area contributed by atoms with Crippen molar-refractivity contribution in [1.82, 2.24) is 9.88 Å². The lowest BCUT2D eigenvalue weighted by Gasteiger charge is -2.23. The van der Waals surface area contributed by atoms with Gasteiger partial charge in [0, 0.05) is 25.4 Å². The summed E-state index contributed by atoms with van der Waals surface area (Å²) in [6.45, 7) is 4.50. The summed E-state index contributed by atoms with van der Waals surface area (Å²) in [5, 5.41) is 0. The normalized spacial score (nSPS) is 20.7. The molecule has 1 saturated heterocycles. The molecular formula is C12H16N2O. The van der Waals surface area contributed by atoms with Crippen molar-refractivity contribution in [2.75, 3.05) is 6.54 Å². The van der Waals surface area contributed by atoms with E-state index >= 15 is 0 Å². The molecular weight excluding hydrogens is 188 g/mol. The molecule has 1 aliphatic heterocycles. The minimum atomic E-state index is 0.165. The van der Waals surface area contributed by atoms with E-state index in [9.17, 15) is 4.79 Å². The summed E-state index contributed by atoms with van der Waals surface area (Å²) in [7, 11) is 0. The van der Waals surface area contributed by atoms with Gasteiger partial charge in [-0.1, -0.05) is 6.07 Å². The number of hydrogen-bond donors (Lipinski definition) is 0. The molecule has 0 aliphatic carbocycles. The Bertz CT molecular complexity index is 358. The van der Waals surface area contributed by atoms with E-state index in [1.165, 1.54) is 0 Å². The number of rotatable bonds is 1. The Labute approximate surface area is 90.1 Å². The van der Waals surface area contributed by atoms with Crippen LogP contribution in [0.2, 0.25) is 0 Å². The topological polar surface area (TPSA) is 33.2 Å². The van der Waals surface area contributed by atoms with E-state index in [0.717, 1.165) is 30.6 Å². The number of hydrogen-bond acceptors (Lipinski definition) is 2. The molecule has 1 aliphatic rings. The van der Waals surface area contributed by atoms with E-state index in [-0.39, 0.29) is 11.9 Å². The molecule has 3 nitrogen and oxygen atoms in total. The zero-order valence-electron chi connectivity index (χ0n) is 9.23. The molecule has 3 heteroatoms. The Balaban J connectivity index is 2.22. The zero-order valence-corrected chi connectivity index (χ0v) is 9.23. The van der Waals surface area contributed by atoms with Crippen molar-refractivity contribution < 1.29 is 4.79 Å². The van der Waals surface area contributed by atoms with Gasteiger partial charge in [-0.15, -0.1) is 0 Å². The van der Waals surface area contributed by atoms with E-state index in [4.69, 9.17) is 0 Å². The highest BCUT2D eigenvalue weighted by Gasteiger charge is 2.27. The maximum atomic E-state index is 11.4. The molecule has 1 aromatic heterocycles. The lowest BCUT2D eigenvalue weighted by molar-refractivity contribution is -0.129. The molecule has 1 amide bonds. The maximum absolute atomic E-state index is 11.4. The Hall–Kier alpha value is -1.38. The van der Waals surface area contributed by atoms with Crippen molar-refractivity contribution in [2.24, 2.45) is 0 Å². The molecule has 0 unspecified atom stereocenters. The van der Waals surface area contributed by atoms with Gasteiger partial charge in [0.2, 0.25) is 5.91 Å². The summed E-state index contributed by atoms with van der Waals surface area (Å²) < 4.78 is 0. The summed E-state index contributed by atoms with van der Waals surface area (Å²) in [5.41, 5.74) is 2.18. The summed E-state index contributed by atoms with van der Waals surface area (Å²) in [4.78, 5) is 17.6. The largest absolute Gasteiger partial charge is 0.336 e. The first kappa shape index (κ1) is 10.1. The number of amides is 1. The Morgan fingerprint density at radius 3 is 2.93 bits per heavy atom. The van der Waals surface area contributed by atoms with Gasteiger partial charge in [-0.2, -0.15) is 0 Å². The molecule has 15 heavy (non-hydrogen) atoms. The summed E-state index contributed by atoms with van der Waals surface area (Å²) in [5.74, 6) is 0.165. The van der Waals surface area contributed by atoms with E-state index in [1.54, 1.807) is 6.92 Å². The van der Waals surface area contributed by atoms with E-state index < -0.39 is 0 Å². The van der Waals surface area contributed by atoms with Crippen LogP contribution in [-0.4, -0.2) is 22.3 Å². The Morgan fingerprint density at radius 1 is 1.53 bits per heavy atom. The van der Waals surface area contributed by atoms with Gasteiger partial charge in [0.05, 0.1) is 6.04 Å². The number of aryl methyl sites for hydroxylation is 1. The molecule has 0 aromatic carbocycles. The van der Waals surface area contributed by atoms with Gasteiger partial charge in [-0.25, -0.2) is 0 Å². The second kappa shape index (κ2) is 4.01. The summed E-state index contributed by atoms with van der Waals surface area (Å²) >= 11 is 0. The van der Waals surface area contributed by atoms with Crippen molar-refractivity contribution >= 4 is 5.91 Å². The van der Waals surface area contributed by atoms with Crippen molar-refractivity contribution in [3.8, 4) is 0 Å². The number of pyridine rings is 1. The minimum absolute atomic E-state index is 0.165. The molecule has 2 heterocycles. The van der Waals surface area contributed by atoms with Gasteiger partial charge in [0.15, 0.2) is 0 Å². The van der Waals surface area contributed by atoms with E-state index in [0.29, 0.717) is 0 Å². The molecule has 0 bridgehead atoms. The number of aromatic nitrogens is 1. The van der Waals surface area contributed by atoms with Gasteiger partial charge in [0.1, 0.15) is 0 Å². The standard InChI is InChI=1S/C12H16N2O/c1-9-5-6-11(8-13-9)12-4-3-7-14(12)10(2)15/h5-6,8,12H,3-4,7H2,1-2H3/t12-/m1/s1. The predicted molar refractivity (Wildman–Crippen MR) is 58.3 cm³/mol. The molecule has 80 valence electrons. The first-order valence-electron chi connectivity index (χ1n) is 5.38. The van der Waals surface area contributed by atoms with Gasteiger partial charge in [-0.05, 0) is 31.4 Å². The SMILES string of the molecule is CC(=O)N1CCC[C@@H]1c1ccc(C)nc1. The first-order valence-corrected chi connectivity index (χ1v) is 5.38. The van der Waals surface area contributed by atoms with Crippen LogP contribution in [0.5, 0.6) is 0 Å². The number of nitrogens with zero attached hydrogens (tertiary/aromatic N) is 2. The average Bonchev–Trinajstić information content (AvgIpc) is 2.67. The van der Waals surface area contributed by atoms with Crippen LogP contribution >= 0.6 is 0 Å². The van der Waals surface area contributed by atoms with Gasteiger partial charge < -0.3 is 4.90 Å². The Kier molecular flexibility index (Phi) is 2.71. The lowest BCUT2D eigenvalue weighted by atomic mass is 10.1. The van der Waals surface area contributed by atoms with Crippen LogP contribution in [0.1, 0.15) is 37.1 Å². The molecule has 0 radical (unpaired) electrons. The number of likely N-dealkylation sites (tertiary alicyclic amines) is 1. The molecule has 0 saturated carbocycles. The highest BCUT2D eigenvalue weighted by Crippen LogP contribution is 2.31. The van der Waals surface area contributed by atoms with Crippen LogP contribution in [0.15, 0.2) is 18.3 Å². The summed E-state index contributed by atoms with van der Waals surface area (Å²) in [6.07, 6.45) is 4.05. The lowest BCUT2D eigenvalue weighted by Crippen LogP contribution is -2.28. The van der Waals surface area contributed by atoms with Crippen LogP contribution in [0.4, 0.5) is 0 Å². The third-order valence-corrected chi connectivity index (χ3v) is 2.98. The fourth-order valence-corrected chi connectivity index (χ4v) is 2.17. The zero-order chi connectivity index (χ0) is 10.8. The first-order chi connectivity index (χ1) is 7.18. The van der Waals surface area contributed by atoms with Crippen LogP contribution < -0.4 is 0 Å². The minimum Gasteiger partial charge on any atom is -0.336 e. The van der Waals surface area contributed by atoms with Crippen molar-refractivity contribution in [2.45, 2.75) is 32.7 Å². The number of carbonyl (C=O) groups excluding carboxylic acids is 1. The third-order valence-electron chi connectivity index (χ3n) is 2.98. The van der Waals surface area contributed by atoms with Crippen LogP contribution in [0, 0.1) is 6.92 Å². The molecule has 0 N–H and O–H groups in total. The maximum Gasteiger partial charge on any atom is 0.219 e. The highest BCUT2D eigenvalue weighted by atomic mass is 16.2. The van der Waals surface area contributed by atoms with E-state index in [2.05, 4.69) is 11.1 Å². The monoisotopic (exact) mass is 204 g/mol. The van der Waals surface area contributed by atoms with Gasteiger partial charge >= 0.3 is 0 Å². The van der Waals surface area contributed by atoms with Crippen LogP contribution in [0.3, 0.4) is 0 Å². The van der Waals surface area contributed by atoms with Crippen molar-refractivity contribution in [3.05, 3.63) is 29.6 Å². The van der Waals surface area contributed by atoms with Crippen molar-refractivity contribution in [1.29, 1.82) is 0 Å². The molecule has 0 spiro atoms. The average molecular weight is 204 g/mol. The fourth-order valence-electron chi connectivity index (χ4n) is 2.17. The van der Waals surface area contributed by atoms with E-state index in [1.807, 2.05) is 24.1 Å². The predicted octanol–water partition coefficient (Wildman–Crippen LogP) is 2.07. The van der Waals surface area contributed by atoms with Gasteiger partial charge in [0.25, 0.3) is 0 Å². The second-order valence-electron chi connectivity index (χ2n) is 4.10. The third kappa shape index (κ3) is 2.01. The quantitative estimate of drug-likeness (QED) is 0.701. The fraction of sp³-hybridized carbons (Fsp3) is 0.500. The second-order valence-corrected chi connectivity index (χ2v) is 4.10. The smallest absolute Gasteiger partial charge is 0.219 e.